The number of hydrogen-bond acceptors (Lipinski definition) is 3. The van der Waals surface area contributed by atoms with Crippen LogP contribution < -0.4 is 5.56 Å². The van der Waals surface area contributed by atoms with Crippen LogP contribution in [0.3, 0.4) is 0 Å². The second kappa shape index (κ2) is 8.43. The number of rotatable bonds is 6. The Balaban J connectivity index is 1.60. The smallest absolute Gasteiger partial charge is 0.257 e. The Kier molecular flexibility index (Phi) is 5.56. The van der Waals surface area contributed by atoms with Gasteiger partial charge in [0.2, 0.25) is 5.91 Å². The highest BCUT2D eigenvalue weighted by molar-refractivity contribution is 5.76. The van der Waals surface area contributed by atoms with Crippen molar-refractivity contribution >= 4 is 5.91 Å². The van der Waals surface area contributed by atoms with Gasteiger partial charge in [-0.2, -0.15) is 0 Å². The molecule has 5 nitrogen and oxygen atoms in total. The highest BCUT2D eigenvalue weighted by atomic mass is 16.2. The average molecular weight is 387 g/mol. The summed E-state index contributed by atoms with van der Waals surface area (Å²) in [6, 6.07) is 19.9. The molecule has 0 unspecified atom stereocenters. The summed E-state index contributed by atoms with van der Waals surface area (Å²) in [6.45, 7) is 2.83. The molecule has 0 radical (unpaired) electrons. The third-order valence-corrected chi connectivity index (χ3v) is 5.46. The molecule has 29 heavy (non-hydrogen) atoms. The number of amides is 1. The first-order valence-corrected chi connectivity index (χ1v) is 10.1. The quantitative estimate of drug-likeness (QED) is 0.652. The van der Waals surface area contributed by atoms with E-state index in [-0.39, 0.29) is 18.0 Å². The standard InChI is InChI=1S/C24H25N3O2/c1-18-25-22-14-8-13-21(22)24(29)27(18)17-23(28)26(15-19-9-4-2-5-10-19)16-20-11-6-3-7-12-20/h2-7,9-12H,8,13-17H2,1H3. The molecule has 0 bridgehead atoms. The van der Waals surface area contributed by atoms with Gasteiger partial charge < -0.3 is 4.90 Å². The van der Waals surface area contributed by atoms with Gasteiger partial charge in [-0.3, -0.25) is 14.2 Å². The third kappa shape index (κ3) is 4.29. The van der Waals surface area contributed by atoms with E-state index in [9.17, 15) is 9.59 Å². The van der Waals surface area contributed by atoms with E-state index in [4.69, 9.17) is 0 Å². The second-order valence-electron chi connectivity index (χ2n) is 7.55. The van der Waals surface area contributed by atoms with Gasteiger partial charge in [0.25, 0.3) is 5.56 Å². The zero-order chi connectivity index (χ0) is 20.2. The Morgan fingerprint density at radius 3 is 2.14 bits per heavy atom. The fraction of sp³-hybridized carbons (Fsp3) is 0.292. The van der Waals surface area contributed by atoms with Crippen molar-refractivity contribution < 1.29 is 4.79 Å². The summed E-state index contributed by atoms with van der Waals surface area (Å²) in [6.07, 6.45) is 2.57. The molecule has 148 valence electrons. The number of aryl methyl sites for hydroxylation is 2. The van der Waals surface area contributed by atoms with Crippen LogP contribution in [-0.4, -0.2) is 20.4 Å². The Morgan fingerprint density at radius 2 is 1.55 bits per heavy atom. The van der Waals surface area contributed by atoms with Crippen LogP contribution in [0.5, 0.6) is 0 Å². The van der Waals surface area contributed by atoms with E-state index < -0.39 is 0 Å². The number of aromatic nitrogens is 2. The number of nitrogens with zero attached hydrogens (tertiary/aromatic N) is 3. The lowest BCUT2D eigenvalue weighted by molar-refractivity contribution is -0.133. The van der Waals surface area contributed by atoms with Crippen molar-refractivity contribution in [3.8, 4) is 0 Å². The Labute approximate surface area is 170 Å². The maximum atomic E-state index is 13.3. The van der Waals surface area contributed by atoms with Crippen LogP contribution in [0.4, 0.5) is 0 Å². The van der Waals surface area contributed by atoms with Crippen LogP contribution in [0.15, 0.2) is 65.5 Å². The van der Waals surface area contributed by atoms with Gasteiger partial charge in [-0.05, 0) is 37.3 Å². The van der Waals surface area contributed by atoms with E-state index in [1.54, 1.807) is 0 Å². The number of carbonyl (C=O) groups is 1. The van der Waals surface area contributed by atoms with Crippen LogP contribution in [0.2, 0.25) is 0 Å². The van der Waals surface area contributed by atoms with Gasteiger partial charge in [0, 0.05) is 18.7 Å². The van der Waals surface area contributed by atoms with Crippen molar-refractivity contribution in [1.82, 2.24) is 14.5 Å². The van der Waals surface area contributed by atoms with Gasteiger partial charge >= 0.3 is 0 Å². The fourth-order valence-corrected chi connectivity index (χ4v) is 3.91. The first kappa shape index (κ1) is 19.1. The predicted octanol–water partition coefficient (Wildman–Crippen LogP) is 3.27. The molecule has 4 rings (SSSR count). The lowest BCUT2D eigenvalue weighted by atomic mass is 10.1. The molecule has 0 saturated heterocycles. The number of benzene rings is 2. The summed E-state index contributed by atoms with van der Waals surface area (Å²) in [5.41, 5.74) is 3.75. The molecule has 3 aromatic rings. The predicted molar refractivity (Wildman–Crippen MR) is 112 cm³/mol. The minimum absolute atomic E-state index is 0.0185. The molecule has 0 aliphatic heterocycles. The second-order valence-corrected chi connectivity index (χ2v) is 7.55. The van der Waals surface area contributed by atoms with Gasteiger partial charge in [-0.25, -0.2) is 4.98 Å². The molecule has 1 amide bonds. The maximum Gasteiger partial charge on any atom is 0.257 e. The monoisotopic (exact) mass is 387 g/mol. The third-order valence-electron chi connectivity index (χ3n) is 5.46. The molecular weight excluding hydrogens is 362 g/mol. The van der Waals surface area contributed by atoms with Crippen LogP contribution in [0.25, 0.3) is 0 Å². The number of fused-ring (bicyclic) bond motifs is 1. The average Bonchev–Trinajstić information content (AvgIpc) is 3.20. The summed E-state index contributed by atoms with van der Waals surface area (Å²) >= 11 is 0. The van der Waals surface area contributed by atoms with Crippen LogP contribution in [0, 0.1) is 6.92 Å². The van der Waals surface area contributed by atoms with E-state index in [2.05, 4.69) is 4.98 Å². The van der Waals surface area contributed by atoms with E-state index in [1.807, 2.05) is 72.5 Å². The topological polar surface area (TPSA) is 55.2 Å². The molecule has 1 heterocycles. The molecule has 1 aliphatic rings. The molecule has 2 aromatic carbocycles. The largest absolute Gasteiger partial charge is 0.332 e. The van der Waals surface area contributed by atoms with E-state index >= 15 is 0 Å². The van der Waals surface area contributed by atoms with Gasteiger partial charge in [0.1, 0.15) is 12.4 Å². The molecule has 0 fully saturated rings. The summed E-state index contributed by atoms with van der Waals surface area (Å²) in [5.74, 6) is 0.533. The fourth-order valence-electron chi connectivity index (χ4n) is 3.91. The van der Waals surface area contributed by atoms with Crippen molar-refractivity contribution in [3.63, 3.8) is 0 Å². The molecule has 0 atom stereocenters. The summed E-state index contributed by atoms with van der Waals surface area (Å²) < 4.78 is 1.54. The Morgan fingerprint density at radius 1 is 0.966 bits per heavy atom. The maximum absolute atomic E-state index is 13.3. The van der Waals surface area contributed by atoms with Crippen molar-refractivity contribution in [2.75, 3.05) is 0 Å². The van der Waals surface area contributed by atoms with Crippen molar-refractivity contribution in [2.24, 2.45) is 0 Å². The normalized spacial score (nSPS) is 12.6. The molecule has 5 heteroatoms. The highest BCUT2D eigenvalue weighted by Crippen LogP contribution is 2.17. The number of hydrogen-bond donors (Lipinski definition) is 0. The lowest BCUT2D eigenvalue weighted by Crippen LogP contribution is -2.37. The minimum Gasteiger partial charge on any atom is -0.332 e. The molecule has 1 aromatic heterocycles. The Hall–Kier alpha value is -3.21. The first-order valence-electron chi connectivity index (χ1n) is 10.1. The van der Waals surface area contributed by atoms with E-state index in [0.717, 1.165) is 41.6 Å². The first-order chi connectivity index (χ1) is 14.1. The van der Waals surface area contributed by atoms with Crippen LogP contribution >= 0.6 is 0 Å². The molecule has 0 N–H and O–H groups in total. The lowest BCUT2D eigenvalue weighted by Gasteiger charge is -2.24. The summed E-state index contributed by atoms with van der Waals surface area (Å²) in [5, 5.41) is 0. The van der Waals surface area contributed by atoms with E-state index in [0.29, 0.717) is 18.9 Å². The van der Waals surface area contributed by atoms with Crippen molar-refractivity contribution in [3.05, 3.63) is 99.2 Å². The van der Waals surface area contributed by atoms with Gasteiger partial charge in [-0.1, -0.05) is 60.7 Å². The molecule has 0 saturated carbocycles. The van der Waals surface area contributed by atoms with Gasteiger partial charge in [-0.15, -0.1) is 0 Å². The van der Waals surface area contributed by atoms with Crippen LogP contribution in [-0.2, 0) is 37.3 Å². The highest BCUT2D eigenvalue weighted by Gasteiger charge is 2.22. The Bertz CT molecular complexity index is 1020. The van der Waals surface area contributed by atoms with Gasteiger partial charge in [0.05, 0.1) is 5.69 Å². The SMILES string of the molecule is Cc1nc2c(c(=O)n1CC(=O)N(Cc1ccccc1)Cc1ccccc1)CCC2. The number of carbonyl (C=O) groups excluding carboxylic acids is 1. The minimum atomic E-state index is -0.0809. The summed E-state index contributed by atoms with van der Waals surface area (Å²) in [7, 11) is 0. The summed E-state index contributed by atoms with van der Waals surface area (Å²) in [4.78, 5) is 32.6. The van der Waals surface area contributed by atoms with E-state index in [1.165, 1.54) is 4.57 Å². The molecular formula is C24H25N3O2. The van der Waals surface area contributed by atoms with Crippen molar-refractivity contribution in [1.29, 1.82) is 0 Å². The molecule has 0 spiro atoms. The molecule has 1 aliphatic carbocycles. The zero-order valence-corrected chi connectivity index (χ0v) is 16.7. The van der Waals surface area contributed by atoms with Crippen LogP contribution in [0.1, 0.15) is 34.6 Å². The van der Waals surface area contributed by atoms with Crippen molar-refractivity contribution in [2.45, 2.75) is 45.8 Å². The van der Waals surface area contributed by atoms with Gasteiger partial charge in [0.15, 0.2) is 0 Å². The zero-order valence-electron chi connectivity index (χ0n) is 16.7.